The van der Waals surface area contributed by atoms with Crippen LogP contribution in [0.15, 0.2) is 49.6 Å². The van der Waals surface area contributed by atoms with Crippen LogP contribution in [0, 0.1) is 0 Å². The highest BCUT2D eigenvalue weighted by Gasteiger charge is 1.95. The molecule has 0 aromatic carbocycles. The van der Waals surface area contributed by atoms with Crippen LogP contribution >= 0.6 is 0 Å². The Bertz CT molecular complexity index is 309. The molecule has 0 atom stereocenters. The van der Waals surface area contributed by atoms with Crippen LogP contribution in [0.4, 0.5) is 0 Å². The quantitative estimate of drug-likeness (QED) is 0.507. The van der Waals surface area contributed by atoms with Crippen LogP contribution in [0.5, 0.6) is 0 Å². The van der Waals surface area contributed by atoms with Crippen LogP contribution in [0.2, 0.25) is 0 Å². The molecule has 2 nitrogen and oxygen atoms in total. The minimum absolute atomic E-state index is 0.0394. The molecule has 0 spiro atoms. The Morgan fingerprint density at radius 3 is 1.75 bits per heavy atom. The summed E-state index contributed by atoms with van der Waals surface area (Å²) in [5, 5.41) is 0. The molecule has 0 amide bonds. The number of carbonyl (C=O) groups excluding carboxylic acids is 2. The lowest BCUT2D eigenvalue weighted by Gasteiger charge is -1.89. The first-order valence-corrected chi connectivity index (χ1v) is 4.94. The van der Waals surface area contributed by atoms with Gasteiger partial charge in [0.1, 0.15) is 0 Å². The summed E-state index contributed by atoms with van der Waals surface area (Å²) in [6.07, 6.45) is 3.74. The molecule has 0 N–H and O–H groups in total. The second-order valence-corrected chi connectivity index (χ2v) is 3.50. The van der Waals surface area contributed by atoms with Crippen molar-refractivity contribution in [3.05, 3.63) is 49.6 Å². The van der Waals surface area contributed by atoms with Crippen LogP contribution in [0.1, 0.15) is 26.7 Å². The topological polar surface area (TPSA) is 34.1 Å². The highest BCUT2D eigenvalue weighted by molar-refractivity contribution is 5.94. The Hall–Kier alpha value is -1.70. The van der Waals surface area contributed by atoms with Crippen LogP contribution in [0.3, 0.4) is 0 Å². The zero-order chi connectivity index (χ0) is 13.1. The van der Waals surface area contributed by atoms with Crippen LogP contribution < -0.4 is 0 Å². The Labute approximate surface area is 98.1 Å². The third kappa shape index (κ3) is 12.3. The normalized spacial score (nSPS) is 8.12. The van der Waals surface area contributed by atoms with Crippen molar-refractivity contribution in [2.45, 2.75) is 26.7 Å². The number of carbonyl (C=O) groups is 2. The van der Waals surface area contributed by atoms with Gasteiger partial charge in [-0.05, 0) is 25.5 Å². The van der Waals surface area contributed by atoms with Gasteiger partial charge in [-0.25, -0.2) is 0 Å². The van der Waals surface area contributed by atoms with Crippen molar-refractivity contribution in [2.75, 3.05) is 0 Å². The Kier molecular flexibility index (Phi) is 10.3. The standard InChI is InChI=1S/2C7H10O/c1-4-7(8)5-6(2)3;1-4-5-7(8)6(2)3/h2*4H,1-2,5H2,3H3. The maximum atomic E-state index is 10.6. The van der Waals surface area contributed by atoms with Crippen LogP contribution in [-0.4, -0.2) is 11.6 Å². The number of hydrogen-bond acceptors (Lipinski definition) is 2. The molecule has 0 fully saturated rings. The van der Waals surface area contributed by atoms with E-state index in [1.54, 1.807) is 13.0 Å². The third-order valence-corrected chi connectivity index (χ3v) is 1.51. The monoisotopic (exact) mass is 220 g/mol. The van der Waals surface area contributed by atoms with E-state index in [0.717, 1.165) is 5.57 Å². The lowest BCUT2D eigenvalue weighted by Crippen LogP contribution is -1.94. The van der Waals surface area contributed by atoms with Crippen molar-refractivity contribution in [3.8, 4) is 0 Å². The summed E-state index contributed by atoms with van der Waals surface area (Å²) < 4.78 is 0. The molecule has 0 rings (SSSR count). The summed E-state index contributed by atoms with van der Waals surface area (Å²) >= 11 is 0. The second-order valence-electron chi connectivity index (χ2n) is 3.50. The summed E-state index contributed by atoms with van der Waals surface area (Å²) in [6, 6.07) is 0. The van der Waals surface area contributed by atoms with Gasteiger partial charge in [0.05, 0.1) is 0 Å². The summed E-state index contributed by atoms with van der Waals surface area (Å²) in [5.41, 5.74) is 1.49. The fourth-order valence-electron chi connectivity index (χ4n) is 0.675. The van der Waals surface area contributed by atoms with Gasteiger partial charge in [-0.2, -0.15) is 0 Å². The van der Waals surface area contributed by atoms with Crippen molar-refractivity contribution >= 4 is 11.6 Å². The molecular weight excluding hydrogens is 200 g/mol. The molecule has 0 aromatic rings. The van der Waals surface area contributed by atoms with E-state index in [0.29, 0.717) is 18.4 Å². The molecule has 0 unspecified atom stereocenters. The molecule has 2 heteroatoms. The van der Waals surface area contributed by atoms with Gasteiger partial charge in [-0.1, -0.05) is 31.4 Å². The van der Waals surface area contributed by atoms with E-state index in [1.807, 2.05) is 6.92 Å². The van der Waals surface area contributed by atoms with Gasteiger partial charge in [0.2, 0.25) is 0 Å². The lowest BCUT2D eigenvalue weighted by atomic mass is 10.2. The number of hydrogen-bond donors (Lipinski definition) is 0. The fourth-order valence-corrected chi connectivity index (χ4v) is 0.675. The molecule has 0 aromatic heterocycles. The number of allylic oxidation sites excluding steroid dienone is 4. The zero-order valence-electron chi connectivity index (χ0n) is 10.2. The van der Waals surface area contributed by atoms with E-state index < -0.39 is 0 Å². The van der Waals surface area contributed by atoms with Gasteiger partial charge in [0.25, 0.3) is 0 Å². The van der Waals surface area contributed by atoms with E-state index in [1.165, 1.54) is 6.08 Å². The SMILES string of the molecule is C=CC(=O)CC(=C)C.C=CCC(=O)C(=C)C. The molecule has 0 bridgehead atoms. The minimum atomic E-state index is 0.0394. The van der Waals surface area contributed by atoms with Gasteiger partial charge in [-0.15, -0.1) is 6.58 Å². The Balaban J connectivity index is 0. The van der Waals surface area contributed by atoms with Crippen molar-refractivity contribution < 1.29 is 9.59 Å². The maximum absolute atomic E-state index is 10.6. The number of Topliss-reactive ketones (excluding diaryl/α,β-unsaturated/α-hetero) is 1. The molecule has 88 valence electrons. The van der Waals surface area contributed by atoms with E-state index in [2.05, 4.69) is 26.3 Å². The summed E-state index contributed by atoms with van der Waals surface area (Å²) in [4.78, 5) is 21.0. The number of ketones is 2. The third-order valence-electron chi connectivity index (χ3n) is 1.51. The molecular formula is C14H20O2. The summed E-state index contributed by atoms with van der Waals surface area (Å²) in [6.45, 7) is 17.3. The average molecular weight is 220 g/mol. The van der Waals surface area contributed by atoms with Crippen molar-refractivity contribution in [2.24, 2.45) is 0 Å². The van der Waals surface area contributed by atoms with Gasteiger partial charge in [0, 0.05) is 12.8 Å². The molecule has 16 heavy (non-hydrogen) atoms. The van der Waals surface area contributed by atoms with E-state index in [-0.39, 0.29) is 11.6 Å². The van der Waals surface area contributed by atoms with Crippen molar-refractivity contribution in [3.63, 3.8) is 0 Å². The second kappa shape index (κ2) is 9.84. The van der Waals surface area contributed by atoms with Crippen molar-refractivity contribution in [1.29, 1.82) is 0 Å². The van der Waals surface area contributed by atoms with Gasteiger partial charge < -0.3 is 0 Å². The smallest absolute Gasteiger partial charge is 0.161 e. The first kappa shape index (κ1) is 16.7. The van der Waals surface area contributed by atoms with Crippen LogP contribution in [-0.2, 0) is 9.59 Å². The molecule has 0 radical (unpaired) electrons. The number of rotatable bonds is 6. The molecule has 0 saturated carbocycles. The predicted octanol–water partition coefficient (Wildman–Crippen LogP) is 3.42. The largest absolute Gasteiger partial charge is 0.295 e. The van der Waals surface area contributed by atoms with Crippen LogP contribution in [0.25, 0.3) is 0 Å². The molecule has 0 saturated heterocycles. The fraction of sp³-hybridized carbons (Fsp3) is 0.286. The predicted molar refractivity (Wildman–Crippen MR) is 69.3 cm³/mol. The van der Waals surface area contributed by atoms with E-state index in [9.17, 15) is 9.59 Å². The van der Waals surface area contributed by atoms with E-state index >= 15 is 0 Å². The highest BCUT2D eigenvalue weighted by Crippen LogP contribution is 1.95. The minimum Gasteiger partial charge on any atom is -0.295 e. The van der Waals surface area contributed by atoms with Gasteiger partial charge >= 0.3 is 0 Å². The molecule has 0 aliphatic carbocycles. The summed E-state index contributed by atoms with van der Waals surface area (Å²) in [5.74, 6) is 0.109. The first-order valence-electron chi connectivity index (χ1n) is 4.94. The Morgan fingerprint density at radius 2 is 1.62 bits per heavy atom. The lowest BCUT2D eigenvalue weighted by molar-refractivity contribution is -0.115. The Morgan fingerprint density at radius 1 is 1.12 bits per heavy atom. The van der Waals surface area contributed by atoms with Gasteiger partial charge in [-0.3, -0.25) is 9.59 Å². The highest BCUT2D eigenvalue weighted by atomic mass is 16.1. The maximum Gasteiger partial charge on any atom is 0.161 e. The van der Waals surface area contributed by atoms with Gasteiger partial charge in [0.15, 0.2) is 11.6 Å². The average Bonchev–Trinajstić information content (AvgIpc) is 2.18. The first-order chi connectivity index (χ1) is 7.34. The van der Waals surface area contributed by atoms with Crippen molar-refractivity contribution in [1.82, 2.24) is 0 Å². The molecule has 0 heterocycles. The molecule has 0 aliphatic heterocycles. The zero-order valence-corrected chi connectivity index (χ0v) is 10.2. The summed E-state index contributed by atoms with van der Waals surface area (Å²) in [7, 11) is 0. The van der Waals surface area contributed by atoms with E-state index in [4.69, 9.17) is 0 Å². The molecule has 0 aliphatic rings.